The molecule has 0 bridgehead atoms. The van der Waals surface area contributed by atoms with Crippen molar-refractivity contribution < 1.29 is 9.53 Å². The zero-order valence-electron chi connectivity index (χ0n) is 17.2. The quantitative estimate of drug-likeness (QED) is 0.389. The number of halogens is 1. The molecule has 0 saturated carbocycles. The van der Waals surface area contributed by atoms with E-state index in [4.69, 9.17) is 4.74 Å². The standard InChI is InChI=1S/C24H21BrN4O2/c1-3-31-20-12-10-19(11-13-20)29-23(17-7-5-4-6-8-17)27-22(28-29)24(30)26-21-14-9-18(25)15-16(21)2/h4-15H,3H2,1-2H3,(H,26,30). The van der Waals surface area contributed by atoms with Gasteiger partial charge in [-0.3, -0.25) is 4.79 Å². The molecule has 0 aliphatic carbocycles. The van der Waals surface area contributed by atoms with Crippen molar-refractivity contribution in [3.63, 3.8) is 0 Å². The van der Waals surface area contributed by atoms with E-state index in [0.29, 0.717) is 18.1 Å². The van der Waals surface area contributed by atoms with Gasteiger partial charge >= 0.3 is 0 Å². The summed E-state index contributed by atoms with van der Waals surface area (Å²) in [4.78, 5) is 17.5. The normalized spacial score (nSPS) is 10.7. The van der Waals surface area contributed by atoms with Gasteiger partial charge in [0.15, 0.2) is 5.82 Å². The molecule has 0 atom stereocenters. The average molecular weight is 477 g/mol. The molecule has 0 unspecified atom stereocenters. The van der Waals surface area contributed by atoms with Gasteiger partial charge in [0.25, 0.3) is 5.91 Å². The van der Waals surface area contributed by atoms with Gasteiger partial charge in [-0.1, -0.05) is 46.3 Å². The Morgan fingerprint density at radius 3 is 2.48 bits per heavy atom. The number of hydrogen-bond acceptors (Lipinski definition) is 4. The van der Waals surface area contributed by atoms with E-state index in [0.717, 1.165) is 27.0 Å². The van der Waals surface area contributed by atoms with Crippen LogP contribution in [0.5, 0.6) is 5.75 Å². The molecule has 0 fully saturated rings. The lowest BCUT2D eigenvalue weighted by Gasteiger charge is -2.08. The number of benzene rings is 3. The number of aryl methyl sites for hydroxylation is 1. The van der Waals surface area contributed by atoms with Crippen LogP contribution in [0, 0.1) is 6.92 Å². The lowest BCUT2D eigenvalue weighted by atomic mass is 10.2. The van der Waals surface area contributed by atoms with Gasteiger partial charge in [-0.2, -0.15) is 0 Å². The first-order valence-corrected chi connectivity index (χ1v) is 10.7. The maximum atomic E-state index is 12.9. The van der Waals surface area contributed by atoms with E-state index in [2.05, 4.69) is 31.3 Å². The van der Waals surface area contributed by atoms with E-state index >= 15 is 0 Å². The van der Waals surface area contributed by atoms with Crippen LogP contribution in [0.1, 0.15) is 23.1 Å². The molecule has 0 aliphatic heterocycles. The summed E-state index contributed by atoms with van der Waals surface area (Å²) in [6.45, 7) is 4.47. The number of amides is 1. The highest BCUT2D eigenvalue weighted by atomic mass is 79.9. The summed E-state index contributed by atoms with van der Waals surface area (Å²) < 4.78 is 8.15. The molecule has 31 heavy (non-hydrogen) atoms. The van der Waals surface area contributed by atoms with Crippen molar-refractivity contribution in [2.45, 2.75) is 13.8 Å². The lowest BCUT2D eigenvalue weighted by Crippen LogP contribution is -2.15. The number of hydrogen-bond donors (Lipinski definition) is 1. The van der Waals surface area contributed by atoms with E-state index in [1.54, 1.807) is 4.68 Å². The summed E-state index contributed by atoms with van der Waals surface area (Å²) in [7, 11) is 0. The molecule has 7 heteroatoms. The van der Waals surface area contributed by atoms with Gasteiger partial charge < -0.3 is 10.1 Å². The third-order valence-electron chi connectivity index (χ3n) is 4.67. The van der Waals surface area contributed by atoms with Gasteiger partial charge in [-0.15, -0.1) is 5.10 Å². The molecular formula is C24H21BrN4O2. The monoisotopic (exact) mass is 476 g/mol. The average Bonchev–Trinajstić information content (AvgIpc) is 3.23. The molecule has 1 heterocycles. The molecule has 6 nitrogen and oxygen atoms in total. The molecule has 3 aromatic carbocycles. The van der Waals surface area contributed by atoms with E-state index in [1.165, 1.54) is 0 Å². The summed E-state index contributed by atoms with van der Waals surface area (Å²) in [5, 5.41) is 7.42. The molecule has 0 saturated heterocycles. The SMILES string of the molecule is CCOc1ccc(-n2nc(C(=O)Nc3ccc(Br)cc3C)nc2-c2ccccc2)cc1. The Morgan fingerprint density at radius 1 is 1.06 bits per heavy atom. The van der Waals surface area contributed by atoms with Crippen molar-refractivity contribution in [3.05, 3.63) is 88.7 Å². The summed E-state index contributed by atoms with van der Waals surface area (Å²) >= 11 is 3.44. The van der Waals surface area contributed by atoms with Gasteiger partial charge in [-0.25, -0.2) is 9.67 Å². The number of nitrogens with zero attached hydrogens (tertiary/aromatic N) is 3. The predicted octanol–water partition coefficient (Wildman–Crippen LogP) is 5.66. The minimum absolute atomic E-state index is 0.0926. The Kier molecular flexibility index (Phi) is 6.13. The first-order valence-electron chi connectivity index (χ1n) is 9.88. The van der Waals surface area contributed by atoms with Gasteiger partial charge in [0.1, 0.15) is 5.75 Å². The first-order chi connectivity index (χ1) is 15.0. The number of anilines is 1. The van der Waals surface area contributed by atoms with Crippen LogP contribution in [0.3, 0.4) is 0 Å². The zero-order valence-corrected chi connectivity index (χ0v) is 18.8. The second kappa shape index (κ2) is 9.14. The van der Waals surface area contributed by atoms with Crippen LogP contribution in [0.25, 0.3) is 17.1 Å². The summed E-state index contributed by atoms with van der Waals surface area (Å²) in [5.41, 5.74) is 3.31. The van der Waals surface area contributed by atoms with Crippen molar-refractivity contribution in [1.82, 2.24) is 14.8 Å². The predicted molar refractivity (Wildman–Crippen MR) is 125 cm³/mol. The number of carbonyl (C=O) groups excluding carboxylic acids is 1. The number of nitrogens with one attached hydrogen (secondary N) is 1. The highest BCUT2D eigenvalue weighted by Gasteiger charge is 2.19. The first kappa shape index (κ1) is 20.8. The van der Waals surface area contributed by atoms with Crippen LogP contribution in [-0.2, 0) is 0 Å². The van der Waals surface area contributed by atoms with Crippen molar-refractivity contribution >= 4 is 27.5 Å². The minimum atomic E-state index is -0.368. The Morgan fingerprint density at radius 2 is 1.81 bits per heavy atom. The van der Waals surface area contributed by atoms with E-state index in [-0.39, 0.29) is 11.7 Å². The van der Waals surface area contributed by atoms with Gasteiger partial charge in [0.05, 0.1) is 12.3 Å². The molecule has 1 aromatic heterocycles. The fourth-order valence-electron chi connectivity index (χ4n) is 3.16. The van der Waals surface area contributed by atoms with Crippen molar-refractivity contribution in [2.75, 3.05) is 11.9 Å². The van der Waals surface area contributed by atoms with Gasteiger partial charge in [-0.05, 0) is 61.9 Å². The second-order valence-corrected chi connectivity index (χ2v) is 7.79. The number of rotatable bonds is 6. The van der Waals surface area contributed by atoms with Gasteiger partial charge in [0.2, 0.25) is 5.82 Å². The van der Waals surface area contributed by atoms with Crippen LogP contribution >= 0.6 is 15.9 Å². The molecule has 156 valence electrons. The molecule has 4 aromatic rings. The molecule has 0 aliphatic rings. The highest BCUT2D eigenvalue weighted by Crippen LogP contribution is 2.24. The van der Waals surface area contributed by atoms with Crippen LogP contribution < -0.4 is 10.1 Å². The Bertz CT molecular complexity index is 1200. The van der Waals surface area contributed by atoms with Gasteiger partial charge in [0, 0.05) is 15.7 Å². The lowest BCUT2D eigenvalue weighted by molar-refractivity contribution is 0.101. The molecular weight excluding hydrogens is 456 g/mol. The summed E-state index contributed by atoms with van der Waals surface area (Å²) in [6.07, 6.45) is 0. The Hall–Kier alpha value is -3.45. The maximum absolute atomic E-state index is 12.9. The summed E-state index contributed by atoms with van der Waals surface area (Å²) in [6, 6.07) is 22.9. The van der Waals surface area contributed by atoms with Crippen molar-refractivity contribution in [2.24, 2.45) is 0 Å². The van der Waals surface area contributed by atoms with E-state index in [1.807, 2.05) is 86.6 Å². The van der Waals surface area contributed by atoms with Crippen molar-refractivity contribution in [3.8, 4) is 22.8 Å². The fraction of sp³-hybridized carbons (Fsp3) is 0.125. The fourth-order valence-corrected chi connectivity index (χ4v) is 3.63. The van der Waals surface area contributed by atoms with Crippen LogP contribution in [0.15, 0.2) is 77.3 Å². The maximum Gasteiger partial charge on any atom is 0.295 e. The van der Waals surface area contributed by atoms with Crippen LogP contribution in [-0.4, -0.2) is 27.3 Å². The topological polar surface area (TPSA) is 69.0 Å². The second-order valence-electron chi connectivity index (χ2n) is 6.88. The van der Waals surface area contributed by atoms with Crippen LogP contribution in [0.4, 0.5) is 5.69 Å². The molecule has 1 amide bonds. The largest absolute Gasteiger partial charge is 0.494 e. The van der Waals surface area contributed by atoms with Crippen molar-refractivity contribution in [1.29, 1.82) is 0 Å². The Labute approximate surface area is 189 Å². The molecule has 4 rings (SSSR count). The van der Waals surface area contributed by atoms with E-state index < -0.39 is 0 Å². The third kappa shape index (κ3) is 4.67. The number of ether oxygens (including phenoxy) is 1. The van der Waals surface area contributed by atoms with E-state index in [9.17, 15) is 4.79 Å². The number of carbonyl (C=O) groups is 1. The van der Waals surface area contributed by atoms with Crippen LogP contribution in [0.2, 0.25) is 0 Å². The third-order valence-corrected chi connectivity index (χ3v) is 5.16. The number of aromatic nitrogens is 3. The highest BCUT2D eigenvalue weighted by molar-refractivity contribution is 9.10. The minimum Gasteiger partial charge on any atom is -0.494 e. The Balaban J connectivity index is 1.71. The summed E-state index contributed by atoms with van der Waals surface area (Å²) in [5.74, 6) is 1.08. The zero-order chi connectivity index (χ0) is 21.8. The molecule has 0 spiro atoms. The molecule has 0 radical (unpaired) electrons. The molecule has 1 N–H and O–H groups in total. The smallest absolute Gasteiger partial charge is 0.295 e.